The molecule has 0 aliphatic carbocycles. The van der Waals surface area contributed by atoms with Crippen LogP contribution in [-0.4, -0.2) is 38.8 Å². The van der Waals surface area contributed by atoms with Crippen LogP contribution < -0.4 is 9.47 Å². The number of oxazole rings is 1. The highest BCUT2D eigenvalue weighted by Crippen LogP contribution is 2.26. The lowest BCUT2D eigenvalue weighted by molar-refractivity contribution is -0.274. The summed E-state index contributed by atoms with van der Waals surface area (Å²) >= 11 is 0. The van der Waals surface area contributed by atoms with Gasteiger partial charge < -0.3 is 18.8 Å². The van der Waals surface area contributed by atoms with Crippen molar-refractivity contribution in [3.05, 3.63) is 108 Å². The van der Waals surface area contributed by atoms with Crippen LogP contribution in [0.25, 0.3) is 5.84 Å². The van der Waals surface area contributed by atoms with Gasteiger partial charge in [-0.05, 0) is 35.4 Å². The zero-order valence-electron chi connectivity index (χ0n) is 20.1. The highest BCUT2D eigenvalue weighted by molar-refractivity contribution is 5.93. The van der Waals surface area contributed by atoms with Crippen LogP contribution in [0.1, 0.15) is 27.4 Å². The summed E-state index contributed by atoms with van der Waals surface area (Å²) in [6.45, 7) is 0.0114. The van der Waals surface area contributed by atoms with Crippen LogP contribution in [0.15, 0.2) is 89.3 Å². The second-order valence-electron chi connectivity index (χ2n) is 8.40. The van der Waals surface area contributed by atoms with Crippen molar-refractivity contribution in [2.24, 2.45) is 0 Å². The lowest BCUT2D eigenvalue weighted by atomic mass is 10.1. The maximum absolute atomic E-state index is 13.4. The van der Waals surface area contributed by atoms with Crippen LogP contribution in [0.2, 0.25) is 0 Å². The predicted octanol–water partition coefficient (Wildman–Crippen LogP) is 5.88. The number of aromatic nitrogens is 3. The Morgan fingerprint density at radius 1 is 0.947 bits per heavy atom. The van der Waals surface area contributed by atoms with E-state index in [9.17, 15) is 18.0 Å². The quantitative estimate of drug-likeness (QED) is 0.253. The van der Waals surface area contributed by atoms with E-state index in [2.05, 4.69) is 14.8 Å². The van der Waals surface area contributed by atoms with Gasteiger partial charge in [0.15, 0.2) is 0 Å². The van der Waals surface area contributed by atoms with E-state index in [-0.39, 0.29) is 29.9 Å². The number of ether oxygens (including phenoxy) is 2. The SMILES string of the molecule is CN(Cc1cccc(OC(F)(F)F)c1)C(=O)c1oc2nc(Oc3ccccc3)nn2c1Cc1ccccc1. The fourth-order valence-corrected chi connectivity index (χ4v) is 3.88. The first-order chi connectivity index (χ1) is 18.2. The number of hydrogen-bond acceptors (Lipinski definition) is 6. The van der Waals surface area contributed by atoms with Crippen molar-refractivity contribution < 1.29 is 31.9 Å². The number of para-hydroxylation sites is 1. The smallest absolute Gasteiger partial charge is 0.423 e. The van der Waals surface area contributed by atoms with Crippen LogP contribution in [0, 0.1) is 0 Å². The summed E-state index contributed by atoms with van der Waals surface area (Å²) in [5.41, 5.74) is 1.80. The number of amides is 1. The van der Waals surface area contributed by atoms with Gasteiger partial charge in [-0.2, -0.15) is 4.52 Å². The minimum Gasteiger partial charge on any atom is -0.423 e. The van der Waals surface area contributed by atoms with Gasteiger partial charge in [-0.15, -0.1) is 23.3 Å². The van der Waals surface area contributed by atoms with Crippen LogP contribution in [-0.2, 0) is 13.0 Å². The Kier molecular flexibility index (Phi) is 6.73. The molecule has 0 N–H and O–H groups in total. The average molecular weight is 522 g/mol. The number of rotatable bonds is 8. The summed E-state index contributed by atoms with van der Waals surface area (Å²) in [6, 6.07) is 23.9. The van der Waals surface area contributed by atoms with E-state index in [4.69, 9.17) is 9.15 Å². The number of benzene rings is 3. The Hall–Kier alpha value is -4.80. The van der Waals surface area contributed by atoms with Crippen LogP contribution in [0.3, 0.4) is 0 Å². The summed E-state index contributed by atoms with van der Waals surface area (Å²) in [5, 5.41) is 4.39. The third kappa shape index (κ3) is 5.77. The molecule has 0 saturated heterocycles. The molecule has 0 fully saturated rings. The first-order valence-corrected chi connectivity index (χ1v) is 11.5. The zero-order valence-corrected chi connectivity index (χ0v) is 20.1. The standard InChI is InChI=1S/C27H21F3N4O4/c1-33(17-19-11-8-14-21(15-19)38-27(28,29)30)24(35)23-22(16-18-9-4-2-5-10-18)34-26(37-23)31-25(32-34)36-20-12-6-3-7-13-20/h2-15H,16-17H2,1H3. The number of carbonyl (C=O) groups is 1. The number of fused-ring (bicyclic) bond motifs is 1. The fourth-order valence-electron chi connectivity index (χ4n) is 3.88. The first kappa shape index (κ1) is 24.9. The highest BCUT2D eigenvalue weighted by atomic mass is 19.4. The molecule has 194 valence electrons. The molecule has 0 aliphatic rings. The summed E-state index contributed by atoms with van der Waals surface area (Å²) in [7, 11) is 1.52. The monoisotopic (exact) mass is 522 g/mol. The molecule has 0 spiro atoms. The minimum absolute atomic E-state index is 0.0114. The molecule has 0 radical (unpaired) electrons. The molecule has 0 aliphatic heterocycles. The van der Waals surface area contributed by atoms with E-state index in [1.807, 2.05) is 48.5 Å². The largest absolute Gasteiger partial charge is 0.573 e. The Morgan fingerprint density at radius 3 is 2.32 bits per heavy atom. The third-order valence-electron chi connectivity index (χ3n) is 5.53. The molecular formula is C27H21F3N4O4. The molecule has 1 amide bonds. The van der Waals surface area contributed by atoms with Crippen LogP contribution in [0.5, 0.6) is 17.5 Å². The van der Waals surface area contributed by atoms with Crippen molar-refractivity contribution in [2.45, 2.75) is 19.3 Å². The molecule has 5 aromatic rings. The normalized spacial score (nSPS) is 11.5. The molecular weight excluding hydrogens is 501 g/mol. The number of halogens is 3. The Balaban J connectivity index is 1.43. The predicted molar refractivity (Wildman–Crippen MR) is 130 cm³/mol. The maximum atomic E-state index is 13.4. The van der Waals surface area contributed by atoms with Crippen molar-refractivity contribution in [2.75, 3.05) is 7.05 Å². The van der Waals surface area contributed by atoms with Crippen molar-refractivity contribution in [1.29, 1.82) is 0 Å². The highest BCUT2D eigenvalue weighted by Gasteiger charge is 2.31. The number of hydrogen-bond donors (Lipinski definition) is 0. The van der Waals surface area contributed by atoms with Gasteiger partial charge in [-0.1, -0.05) is 60.7 Å². The fraction of sp³-hybridized carbons (Fsp3) is 0.148. The molecule has 38 heavy (non-hydrogen) atoms. The van der Waals surface area contributed by atoms with Crippen molar-refractivity contribution in [3.8, 4) is 17.5 Å². The van der Waals surface area contributed by atoms with E-state index in [1.54, 1.807) is 18.2 Å². The maximum Gasteiger partial charge on any atom is 0.573 e. The molecule has 0 saturated carbocycles. The van der Waals surface area contributed by atoms with Gasteiger partial charge in [0.1, 0.15) is 17.2 Å². The van der Waals surface area contributed by atoms with E-state index in [0.717, 1.165) is 5.56 Å². The van der Waals surface area contributed by atoms with Gasteiger partial charge in [0.2, 0.25) is 5.76 Å². The lowest BCUT2D eigenvalue weighted by Gasteiger charge is -2.17. The van der Waals surface area contributed by atoms with Gasteiger partial charge in [0, 0.05) is 20.0 Å². The molecule has 0 bridgehead atoms. The van der Waals surface area contributed by atoms with Gasteiger partial charge in [0.05, 0.1) is 0 Å². The minimum atomic E-state index is -4.81. The van der Waals surface area contributed by atoms with Crippen molar-refractivity contribution in [1.82, 2.24) is 19.5 Å². The lowest BCUT2D eigenvalue weighted by Crippen LogP contribution is -2.27. The molecule has 11 heteroatoms. The zero-order chi connectivity index (χ0) is 26.7. The third-order valence-corrected chi connectivity index (χ3v) is 5.53. The number of carbonyl (C=O) groups excluding carboxylic acids is 1. The number of alkyl halides is 3. The Bertz CT molecular complexity index is 1550. The van der Waals surface area contributed by atoms with Gasteiger partial charge >= 0.3 is 18.2 Å². The van der Waals surface area contributed by atoms with Gasteiger partial charge in [0.25, 0.3) is 5.91 Å². The average Bonchev–Trinajstić information content (AvgIpc) is 3.42. The second-order valence-corrected chi connectivity index (χ2v) is 8.40. The molecule has 5 rings (SSSR count). The van der Waals surface area contributed by atoms with Gasteiger partial charge in [-0.25, -0.2) is 0 Å². The summed E-state index contributed by atoms with van der Waals surface area (Å²) in [5.74, 6) is -0.235. The van der Waals surface area contributed by atoms with E-state index in [0.29, 0.717) is 23.4 Å². The Labute approximate surface area is 214 Å². The molecule has 2 aromatic heterocycles. The van der Waals surface area contributed by atoms with E-state index < -0.39 is 12.3 Å². The summed E-state index contributed by atoms with van der Waals surface area (Å²) in [6.07, 6.45) is -4.50. The van der Waals surface area contributed by atoms with Crippen LogP contribution >= 0.6 is 0 Å². The molecule has 8 nitrogen and oxygen atoms in total. The summed E-state index contributed by atoms with van der Waals surface area (Å²) in [4.78, 5) is 19.0. The second kappa shape index (κ2) is 10.3. The first-order valence-electron chi connectivity index (χ1n) is 11.5. The van der Waals surface area contributed by atoms with Gasteiger partial charge in [-0.3, -0.25) is 4.79 Å². The van der Waals surface area contributed by atoms with Crippen LogP contribution in [0.4, 0.5) is 13.2 Å². The van der Waals surface area contributed by atoms with Crippen molar-refractivity contribution in [3.63, 3.8) is 0 Å². The molecule has 0 unspecified atom stereocenters. The molecule has 3 aromatic carbocycles. The van der Waals surface area contributed by atoms with E-state index >= 15 is 0 Å². The molecule has 2 heterocycles. The molecule has 0 atom stereocenters. The topological polar surface area (TPSA) is 82.1 Å². The van der Waals surface area contributed by atoms with E-state index in [1.165, 1.54) is 34.7 Å². The number of nitrogens with zero attached hydrogens (tertiary/aromatic N) is 4. The summed E-state index contributed by atoms with van der Waals surface area (Å²) < 4.78 is 54.8. The Morgan fingerprint density at radius 2 is 1.61 bits per heavy atom. The van der Waals surface area contributed by atoms with Crippen molar-refractivity contribution >= 4 is 11.8 Å².